The minimum absolute atomic E-state index is 0.0111. The summed E-state index contributed by atoms with van der Waals surface area (Å²) < 4.78 is 0.856. The minimum atomic E-state index is -0.363. The first-order valence-corrected chi connectivity index (χ1v) is 9.56. The van der Waals surface area contributed by atoms with E-state index in [9.17, 15) is 9.59 Å². The Labute approximate surface area is 173 Å². The Bertz CT molecular complexity index is 891. The lowest BCUT2D eigenvalue weighted by atomic mass is 9.86. The summed E-state index contributed by atoms with van der Waals surface area (Å²) in [6.07, 6.45) is 0. The van der Waals surface area contributed by atoms with Crippen molar-refractivity contribution in [2.45, 2.75) is 33.1 Å². The Balaban J connectivity index is 1.95. The van der Waals surface area contributed by atoms with Gasteiger partial charge >= 0.3 is 0 Å². The molecular formula is C20H22BrN3O2S. The molecule has 0 unspecified atom stereocenters. The Morgan fingerprint density at radius 3 is 2.22 bits per heavy atom. The van der Waals surface area contributed by atoms with Crippen molar-refractivity contribution >= 4 is 45.1 Å². The maximum absolute atomic E-state index is 12.4. The Hall–Kier alpha value is -2.25. The third-order valence-corrected chi connectivity index (χ3v) is 4.70. The first-order valence-electron chi connectivity index (χ1n) is 8.36. The second kappa shape index (κ2) is 8.63. The van der Waals surface area contributed by atoms with Crippen molar-refractivity contribution in [3.63, 3.8) is 0 Å². The number of benzene rings is 2. The maximum atomic E-state index is 12.4. The van der Waals surface area contributed by atoms with Gasteiger partial charge in [0.2, 0.25) is 0 Å². The molecule has 7 heteroatoms. The molecule has 0 radical (unpaired) electrons. The molecule has 3 N–H and O–H groups in total. The van der Waals surface area contributed by atoms with E-state index >= 15 is 0 Å². The van der Waals surface area contributed by atoms with Crippen molar-refractivity contribution in [3.05, 3.63) is 69.2 Å². The van der Waals surface area contributed by atoms with Gasteiger partial charge in [0.15, 0.2) is 5.11 Å². The van der Waals surface area contributed by atoms with Gasteiger partial charge in [-0.1, -0.05) is 60.5 Å². The van der Waals surface area contributed by atoms with Crippen LogP contribution in [-0.4, -0.2) is 16.9 Å². The third kappa shape index (κ3) is 5.87. The molecule has 0 spiro atoms. The van der Waals surface area contributed by atoms with Gasteiger partial charge in [0.25, 0.3) is 11.8 Å². The van der Waals surface area contributed by atoms with Crippen LogP contribution in [0.25, 0.3) is 0 Å². The monoisotopic (exact) mass is 447 g/mol. The van der Waals surface area contributed by atoms with E-state index in [1.54, 1.807) is 30.3 Å². The first-order chi connectivity index (χ1) is 12.6. The van der Waals surface area contributed by atoms with Gasteiger partial charge in [-0.2, -0.15) is 0 Å². The second-order valence-electron chi connectivity index (χ2n) is 7.18. The lowest BCUT2D eigenvalue weighted by molar-refractivity contribution is 0.0934. The van der Waals surface area contributed by atoms with Gasteiger partial charge in [-0.15, -0.1) is 0 Å². The molecule has 142 valence electrons. The molecule has 0 heterocycles. The quantitative estimate of drug-likeness (QED) is 0.480. The average molecular weight is 448 g/mol. The van der Waals surface area contributed by atoms with E-state index in [1.807, 2.05) is 19.1 Å². The topological polar surface area (TPSA) is 70.2 Å². The Morgan fingerprint density at radius 2 is 1.63 bits per heavy atom. The van der Waals surface area contributed by atoms with Gasteiger partial charge in [-0.25, -0.2) is 0 Å². The number of carbonyl (C=O) groups is 2. The molecule has 0 atom stereocenters. The van der Waals surface area contributed by atoms with Gasteiger partial charge in [-0.05, 0) is 54.4 Å². The lowest BCUT2D eigenvalue weighted by Gasteiger charge is -2.21. The summed E-state index contributed by atoms with van der Waals surface area (Å²) >= 11 is 8.59. The van der Waals surface area contributed by atoms with E-state index < -0.39 is 0 Å². The van der Waals surface area contributed by atoms with Gasteiger partial charge < -0.3 is 0 Å². The number of hydrogen-bond donors (Lipinski definition) is 3. The van der Waals surface area contributed by atoms with Crippen molar-refractivity contribution in [3.8, 4) is 0 Å². The zero-order chi connectivity index (χ0) is 20.2. The summed E-state index contributed by atoms with van der Waals surface area (Å²) in [7, 11) is 0. The SMILES string of the molecule is Cc1cccc(C(=O)NNC(=S)NC(=O)c2ccc(C(C)(C)C)c(Br)c2)c1. The molecule has 5 nitrogen and oxygen atoms in total. The lowest BCUT2D eigenvalue weighted by Crippen LogP contribution is -2.48. The van der Waals surface area contributed by atoms with E-state index in [2.05, 4.69) is 52.9 Å². The Kier molecular flexibility index (Phi) is 6.73. The van der Waals surface area contributed by atoms with Crippen LogP contribution in [0.15, 0.2) is 46.9 Å². The fourth-order valence-electron chi connectivity index (χ4n) is 2.44. The molecule has 27 heavy (non-hydrogen) atoms. The molecule has 0 bridgehead atoms. The van der Waals surface area contributed by atoms with Crippen molar-refractivity contribution in [1.82, 2.24) is 16.2 Å². The van der Waals surface area contributed by atoms with Gasteiger partial charge in [0.1, 0.15) is 0 Å². The van der Waals surface area contributed by atoms with Crippen LogP contribution in [0.3, 0.4) is 0 Å². The highest BCUT2D eigenvalue weighted by Crippen LogP contribution is 2.30. The van der Waals surface area contributed by atoms with Crippen LogP contribution in [0.2, 0.25) is 0 Å². The maximum Gasteiger partial charge on any atom is 0.269 e. The van der Waals surface area contributed by atoms with Gasteiger partial charge in [0, 0.05) is 15.6 Å². The molecule has 2 aromatic rings. The third-order valence-electron chi connectivity index (χ3n) is 3.84. The molecule has 2 amide bonds. The number of nitrogens with one attached hydrogen (secondary N) is 3. The van der Waals surface area contributed by atoms with Gasteiger partial charge in [0.05, 0.1) is 0 Å². The molecule has 0 saturated heterocycles. The van der Waals surface area contributed by atoms with E-state index in [-0.39, 0.29) is 22.3 Å². The number of aryl methyl sites for hydroxylation is 1. The second-order valence-corrected chi connectivity index (χ2v) is 8.44. The Morgan fingerprint density at radius 1 is 0.963 bits per heavy atom. The number of amides is 2. The van der Waals surface area contributed by atoms with Gasteiger partial charge in [-0.3, -0.25) is 25.8 Å². The fourth-order valence-corrected chi connectivity index (χ4v) is 3.56. The van der Waals surface area contributed by atoms with Crippen molar-refractivity contribution in [1.29, 1.82) is 0 Å². The van der Waals surface area contributed by atoms with E-state index in [0.717, 1.165) is 15.6 Å². The van der Waals surface area contributed by atoms with Crippen LogP contribution in [0.1, 0.15) is 52.6 Å². The molecule has 0 aliphatic heterocycles. The molecule has 0 fully saturated rings. The van der Waals surface area contributed by atoms with Crippen molar-refractivity contribution in [2.24, 2.45) is 0 Å². The van der Waals surface area contributed by atoms with Crippen LogP contribution in [-0.2, 0) is 5.41 Å². The number of rotatable bonds is 2. The highest BCUT2D eigenvalue weighted by atomic mass is 79.9. The van der Waals surface area contributed by atoms with Crippen LogP contribution < -0.4 is 16.2 Å². The number of carbonyl (C=O) groups excluding carboxylic acids is 2. The number of hydrazine groups is 1. The summed E-state index contributed by atoms with van der Waals surface area (Å²) in [5.41, 5.74) is 8.01. The number of thiocarbonyl (C=S) groups is 1. The van der Waals surface area contributed by atoms with E-state index in [1.165, 1.54) is 0 Å². The molecule has 0 saturated carbocycles. The summed E-state index contributed by atoms with van der Waals surface area (Å²) in [5, 5.41) is 2.56. The molecule has 0 aromatic heterocycles. The number of hydrogen-bond acceptors (Lipinski definition) is 3. The van der Waals surface area contributed by atoms with Crippen molar-refractivity contribution < 1.29 is 9.59 Å². The molecule has 0 aliphatic carbocycles. The van der Waals surface area contributed by atoms with Crippen molar-refractivity contribution in [2.75, 3.05) is 0 Å². The average Bonchev–Trinajstić information content (AvgIpc) is 2.58. The predicted octanol–water partition coefficient (Wildman–Crippen LogP) is 4.00. The molecule has 2 rings (SSSR count). The van der Waals surface area contributed by atoms with Crippen LogP contribution in [0, 0.1) is 6.92 Å². The minimum Gasteiger partial charge on any atom is -0.298 e. The summed E-state index contributed by atoms with van der Waals surface area (Å²) in [5.74, 6) is -0.703. The van der Waals surface area contributed by atoms with Crippen LogP contribution >= 0.6 is 28.1 Å². The zero-order valence-electron chi connectivity index (χ0n) is 15.6. The summed E-state index contributed by atoms with van der Waals surface area (Å²) in [4.78, 5) is 24.4. The number of halogens is 1. The summed E-state index contributed by atoms with van der Waals surface area (Å²) in [6, 6.07) is 12.6. The standard InChI is InChI=1S/C20H22BrN3O2S/c1-12-6-5-7-13(10-12)18(26)23-24-19(27)22-17(25)14-8-9-15(16(21)11-14)20(2,3)4/h5-11H,1-4H3,(H,23,26)(H2,22,24,25,27). The highest BCUT2D eigenvalue weighted by molar-refractivity contribution is 9.10. The fraction of sp³-hybridized carbons (Fsp3) is 0.250. The summed E-state index contributed by atoms with van der Waals surface area (Å²) in [6.45, 7) is 8.20. The van der Waals surface area contributed by atoms with Crippen LogP contribution in [0.4, 0.5) is 0 Å². The van der Waals surface area contributed by atoms with E-state index in [0.29, 0.717) is 11.1 Å². The largest absolute Gasteiger partial charge is 0.298 e. The first kappa shape index (κ1) is 21.1. The van der Waals surface area contributed by atoms with E-state index in [4.69, 9.17) is 12.2 Å². The molecular weight excluding hydrogens is 426 g/mol. The van der Waals surface area contributed by atoms with Crippen LogP contribution in [0.5, 0.6) is 0 Å². The smallest absolute Gasteiger partial charge is 0.269 e. The predicted molar refractivity (Wildman–Crippen MR) is 115 cm³/mol. The highest BCUT2D eigenvalue weighted by Gasteiger charge is 2.18. The normalized spacial score (nSPS) is 10.9. The molecule has 2 aromatic carbocycles. The zero-order valence-corrected chi connectivity index (χ0v) is 18.0. The molecule has 0 aliphatic rings.